The number of carbonyl (C=O) groups is 1. The Balaban J connectivity index is 1.79. The molecule has 3 heterocycles. The quantitative estimate of drug-likeness (QED) is 0.444. The molecule has 0 saturated carbocycles. The van der Waals surface area contributed by atoms with Crippen molar-refractivity contribution in [2.45, 2.75) is 20.4 Å². The second-order valence-electron chi connectivity index (χ2n) is 5.97. The Morgan fingerprint density at radius 3 is 2.81 bits per heavy atom. The number of esters is 1. The van der Waals surface area contributed by atoms with Crippen LogP contribution >= 0.6 is 34.3 Å². The number of ether oxygens (including phenoxy) is 1. The fourth-order valence-corrected chi connectivity index (χ4v) is 5.51. The lowest BCUT2D eigenvalue weighted by Crippen LogP contribution is -2.20. The van der Waals surface area contributed by atoms with Crippen LogP contribution in [0.1, 0.15) is 27.0 Å². The first-order valence-corrected chi connectivity index (χ1v) is 10.3. The van der Waals surface area contributed by atoms with Gasteiger partial charge in [-0.1, -0.05) is 29.8 Å². The van der Waals surface area contributed by atoms with Crippen LogP contribution in [0.15, 0.2) is 35.4 Å². The predicted molar refractivity (Wildman–Crippen MR) is 111 cm³/mol. The van der Waals surface area contributed by atoms with Crippen LogP contribution in [0, 0.1) is 6.92 Å². The van der Waals surface area contributed by atoms with E-state index < -0.39 is 5.97 Å². The number of aromatic nitrogens is 2. The fourth-order valence-electron chi connectivity index (χ4n) is 2.98. The molecule has 4 aromatic rings. The van der Waals surface area contributed by atoms with Crippen molar-refractivity contribution in [3.63, 3.8) is 0 Å². The molecule has 0 aliphatic heterocycles. The summed E-state index contributed by atoms with van der Waals surface area (Å²) in [6, 6.07) is 7.88. The highest BCUT2D eigenvalue weighted by molar-refractivity contribution is 7.20. The Morgan fingerprint density at radius 1 is 1.30 bits per heavy atom. The molecule has 27 heavy (non-hydrogen) atoms. The van der Waals surface area contributed by atoms with Crippen molar-refractivity contribution in [1.29, 1.82) is 0 Å². The molecule has 1 aromatic carbocycles. The molecule has 4 rings (SSSR count). The fraction of sp³-hybridized carbons (Fsp3) is 0.211. The van der Waals surface area contributed by atoms with Gasteiger partial charge in [0.05, 0.1) is 29.9 Å². The lowest BCUT2D eigenvalue weighted by molar-refractivity contribution is 0.0531. The molecular weight excluding hydrogens is 404 g/mol. The van der Waals surface area contributed by atoms with Crippen molar-refractivity contribution >= 4 is 60.5 Å². The van der Waals surface area contributed by atoms with Crippen molar-refractivity contribution in [2.24, 2.45) is 0 Å². The summed E-state index contributed by atoms with van der Waals surface area (Å²) in [4.78, 5) is 31.4. The molecule has 0 amide bonds. The van der Waals surface area contributed by atoms with Gasteiger partial charge in [0.25, 0.3) is 5.56 Å². The van der Waals surface area contributed by atoms with Gasteiger partial charge in [-0.05, 0) is 25.5 Å². The molecule has 0 N–H and O–H groups in total. The topological polar surface area (TPSA) is 61.2 Å². The lowest BCUT2D eigenvalue weighted by atomic mass is 10.2. The molecule has 5 nitrogen and oxygen atoms in total. The first-order valence-electron chi connectivity index (χ1n) is 8.32. The maximum Gasteiger partial charge on any atom is 0.348 e. The lowest BCUT2D eigenvalue weighted by Gasteiger charge is -2.04. The zero-order chi connectivity index (χ0) is 19.1. The average Bonchev–Trinajstić information content (AvgIpc) is 3.16. The van der Waals surface area contributed by atoms with Crippen LogP contribution in [0.3, 0.4) is 0 Å². The van der Waals surface area contributed by atoms with Gasteiger partial charge in [0, 0.05) is 15.0 Å². The third-order valence-electron chi connectivity index (χ3n) is 4.29. The summed E-state index contributed by atoms with van der Waals surface area (Å²) in [5.74, 6) is -0.420. The van der Waals surface area contributed by atoms with Gasteiger partial charge in [0.15, 0.2) is 0 Å². The van der Waals surface area contributed by atoms with E-state index in [9.17, 15) is 9.59 Å². The molecule has 0 radical (unpaired) electrons. The minimum absolute atomic E-state index is 0.183. The van der Waals surface area contributed by atoms with E-state index in [1.165, 1.54) is 22.2 Å². The van der Waals surface area contributed by atoms with Crippen LogP contribution in [0.2, 0.25) is 5.02 Å². The molecule has 138 valence electrons. The zero-order valence-corrected chi connectivity index (χ0v) is 17.0. The van der Waals surface area contributed by atoms with Gasteiger partial charge in [0.2, 0.25) is 0 Å². The molecule has 0 atom stereocenters. The van der Waals surface area contributed by atoms with E-state index in [1.54, 1.807) is 25.2 Å². The molecule has 3 aromatic heterocycles. The van der Waals surface area contributed by atoms with Crippen LogP contribution in [0.4, 0.5) is 0 Å². The molecule has 0 spiro atoms. The number of hydrogen-bond acceptors (Lipinski definition) is 6. The number of thiophene rings is 2. The first kappa shape index (κ1) is 18.2. The van der Waals surface area contributed by atoms with E-state index in [-0.39, 0.29) is 12.2 Å². The average molecular weight is 419 g/mol. The second kappa shape index (κ2) is 7.07. The number of fused-ring (bicyclic) bond motifs is 2. The van der Waals surface area contributed by atoms with Crippen molar-refractivity contribution in [1.82, 2.24) is 9.55 Å². The van der Waals surface area contributed by atoms with E-state index in [2.05, 4.69) is 4.98 Å². The van der Waals surface area contributed by atoms with E-state index >= 15 is 0 Å². The van der Waals surface area contributed by atoms with Crippen LogP contribution in [0.25, 0.3) is 20.3 Å². The summed E-state index contributed by atoms with van der Waals surface area (Å²) in [6.45, 7) is 4.13. The Morgan fingerprint density at radius 2 is 2.07 bits per heavy atom. The van der Waals surface area contributed by atoms with E-state index in [0.29, 0.717) is 32.2 Å². The highest BCUT2D eigenvalue weighted by Gasteiger charge is 2.21. The van der Waals surface area contributed by atoms with Crippen LogP contribution < -0.4 is 5.56 Å². The molecule has 0 unspecified atom stereocenters. The van der Waals surface area contributed by atoms with Gasteiger partial charge in [-0.15, -0.1) is 22.7 Å². The Hall–Kier alpha value is -2.22. The largest absolute Gasteiger partial charge is 0.462 e. The van der Waals surface area contributed by atoms with Crippen molar-refractivity contribution < 1.29 is 9.53 Å². The van der Waals surface area contributed by atoms with Crippen molar-refractivity contribution in [2.75, 3.05) is 6.61 Å². The van der Waals surface area contributed by atoms with Crippen molar-refractivity contribution in [3.8, 4) is 0 Å². The number of nitrogens with zero attached hydrogens (tertiary/aromatic N) is 2. The number of benzene rings is 1. The smallest absolute Gasteiger partial charge is 0.348 e. The predicted octanol–water partition coefficient (Wildman–Crippen LogP) is 4.86. The summed E-state index contributed by atoms with van der Waals surface area (Å²) in [7, 11) is 0. The second-order valence-corrected chi connectivity index (χ2v) is 8.48. The van der Waals surface area contributed by atoms with Gasteiger partial charge in [-0.3, -0.25) is 9.36 Å². The summed E-state index contributed by atoms with van der Waals surface area (Å²) >= 11 is 9.25. The summed E-state index contributed by atoms with van der Waals surface area (Å²) in [5.41, 5.74) is 0.431. The van der Waals surface area contributed by atoms with Crippen LogP contribution in [-0.2, 0) is 11.3 Å². The third kappa shape index (κ3) is 3.05. The first-order chi connectivity index (χ1) is 13.0. The van der Waals surface area contributed by atoms with E-state index in [4.69, 9.17) is 16.3 Å². The maximum absolute atomic E-state index is 13.0. The van der Waals surface area contributed by atoms with Gasteiger partial charge in [0.1, 0.15) is 9.71 Å². The number of halogens is 1. The highest BCUT2D eigenvalue weighted by atomic mass is 35.5. The molecule has 0 fully saturated rings. The maximum atomic E-state index is 13.0. The molecule has 8 heteroatoms. The number of rotatable bonds is 4. The van der Waals surface area contributed by atoms with Crippen LogP contribution in [-0.4, -0.2) is 22.1 Å². The van der Waals surface area contributed by atoms with E-state index in [0.717, 1.165) is 15.0 Å². The van der Waals surface area contributed by atoms with Crippen LogP contribution in [0.5, 0.6) is 0 Å². The van der Waals surface area contributed by atoms with Gasteiger partial charge >= 0.3 is 5.97 Å². The molecule has 0 aliphatic carbocycles. The molecule has 0 saturated heterocycles. The molecule has 0 bridgehead atoms. The monoisotopic (exact) mass is 418 g/mol. The SMILES string of the molecule is CCOC(=O)c1sc2ncn(Cc3sc4ccccc4c3Cl)c(=O)c2c1C. The molecule has 0 aliphatic rings. The van der Waals surface area contributed by atoms with Crippen molar-refractivity contribution in [3.05, 3.63) is 61.3 Å². The zero-order valence-electron chi connectivity index (χ0n) is 14.6. The Labute approximate surface area is 167 Å². The summed E-state index contributed by atoms with van der Waals surface area (Å²) < 4.78 is 7.69. The highest BCUT2D eigenvalue weighted by Crippen LogP contribution is 2.35. The minimum atomic E-state index is -0.420. The Bertz CT molecular complexity index is 1240. The Kier molecular flexibility index (Phi) is 4.75. The standard InChI is InChI=1S/C19H15ClN2O3S2/c1-3-25-19(24)16-10(2)14-17(27-16)21-9-22(18(14)23)8-13-15(20)11-6-4-5-7-12(11)26-13/h4-7,9H,3,8H2,1-2H3. The van der Waals surface area contributed by atoms with Gasteiger partial charge in [-0.2, -0.15) is 0 Å². The number of hydrogen-bond donors (Lipinski definition) is 0. The normalized spacial score (nSPS) is 11.4. The number of carbonyl (C=O) groups excluding carboxylic acids is 1. The van der Waals surface area contributed by atoms with Gasteiger partial charge < -0.3 is 4.74 Å². The van der Waals surface area contributed by atoms with E-state index in [1.807, 2.05) is 24.3 Å². The van der Waals surface area contributed by atoms with Gasteiger partial charge in [-0.25, -0.2) is 9.78 Å². The summed E-state index contributed by atoms with van der Waals surface area (Å²) in [6.07, 6.45) is 1.51. The summed E-state index contributed by atoms with van der Waals surface area (Å²) in [5, 5.41) is 2.11. The third-order valence-corrected chi connectivity index (χ3v) is 7.17. The molecular formula is C19H15ClN2O3S2. The minimum Gasteiger partial charge on any atom is -0.462 e. The number of aryl methyl sites for hydroxylation is 1.